The summed E-state index contributed by atoms with van der Waals surface area (Å²) >= 11 is 0. The summed E-state index contributed by atoms with van der Waals surface area (Å²) < 4.78 is 2.45. The van der Waals surface area contributed by atoms with E-state index in [9.17, 15) is 4.79 Å². The second kappa shape index (κ2) is 7.78. The molecule has 3 heterocycles. The Morgan fingerprint density at radius 3 is 2.57 bits per heavy atom. The van der Waals surface area contributed by atoms with Gasteiger partial charge in [0.1, 0.15) is 0 Å². The van der Waals surface area contributed by atoms with Gasteiger partial charge < -0.3 is 14.4 Å². The number of aromatic nitrogens is 1. The highest BCUT2D eigenvalue weighted by atomic mass is 16.5. The van der Waals surface area contributed by atoms with E-state index in [4.69, 9.17) is 5.21 Å². The fourth-order valence-corrected chi connectivity index (χ4v) is 4.93. The minimum Gasteiger partial charge on any atom is -0.372 e. The van der Waals surface area contributed by atoms with Gasteiger partial charge in [-0.25, -0.2) is 5.48 Å². The lowest BCUT2D eigenvalue weighted by Gasteiger charge is -2.24. The Hall–Kier alpha value is -2.83. The molecule has 6 heteroatoms. The molecule has 0 atom stereocenters. The molecule has 0 radical (unpaired) electrons. The number of hydrogen-bond acceptors (Lipinski definition) is 4. The number of amides is 1. The summed E-state index contributed by atoms with van der Waals surface area (Å²) in [6, 6.07) is 14.4. The topological polar surface area (TPSA) is 60.7 Å². The number of fused-ring (bicyclic) bond motifs is 3. The van der Waals surface area contributed by atoms with Gasteiger partial charge in [0.15, 0.2) is 0 Å². The molecule has 0 saturated carbocycles. The molecular formula is C24H28N4O2. The van der Waals surface area contributed by atoms with Gasteiger partial charge >= 0.3 is 0 Å². The first-order valence-electron chi connectivity index (χ1n) is 10.7. The minimum absolute atomic E-state index is 0.456. The molecule has 2 aliphatic heterocycles. The molecule has 1 fully saturated rings. The van der Waals surface area contributed by atoms with Gasteiger partial charge in [0.2, 0.25) is 0 Å². The number of hydroxylamine groups is 1. The molecule has 1 amide bonds. The Balaban J connectivity index is 1.55. The summed E-state index contributed by atoms with van der Waals surface area (Å²) in [4.78, 5) is 16.5. The largest absolute Gasteiger partial charge is 0.372 e. The highest BCUT2D eigenvalue weighted by Crippen LogP contribution is 2.34. The monoisotopic (exact) mass is 404 g/mol. The van der Waals surface area contributed by atoms with Crippen LogP contribution < -0.4 is 10.4 Å². The van der Waals surface area contributed by atoms with E-state index in [1.165, 1.54) is 40.7 Å². The molecule has 3 aromatic rings. The maximum absolute atomic E-state index is 11.6. The standard InChI is InChI=1S/C24H28N4O2/c1-26-13-10-23-21(16-26)20-14-19(27-11-2-3-12-27)8-9-22(20)28(23)15-17-4-6-18(7-5-17)24(29)25-30/h4-9,14,30H,2-3,10-13,15-16H2,1H3,(H,25,29). The van der Waals surface area contributed by atoms with E-state index in [2.05, 4.69) is 39.6 Å². The third kappa shape index (κ3) is 3.36. The zero-order valence-corrected chi connectivity index (χ0v) is 17.4. The van der Waals surface area contributed by atoms with E-state index in [1.54, 1.807) is 17.6 Å². The Kier molecular flexibility index (Phi) is 4.97. The predicted molar refractivity (Wildman–Crippen MR) is 118 cm³/mol. The van der Waals surface area contributed by atoms with Gasteiger partial charge in [-0.1, -0.05) is 12.1 Å². The average Bonchev–Trinajstić information content (AvgIpc) is 3.41. The molecule has 30 heavy (non-hydrogen) atoms. The van der Waals surface area contributed by atoms with Crippen LogP contribution in [0.5, 0.6) is 0 Å². The molecule has 0 bridgehead atoms. The number of anilines is 1. The summed E-state index contributed by atoms with van der Waals surface area (Å²) in [5, 5.41) is 10.2. The Labute approximate surface area is 176 Å². The van der Waals surface area contributed by atoms with Crippen molar-refractivity contribution in [2.75, 3.05) is 31.6 Å². The zero-order chi connectivity index (χ0) is 20.7. The Morgan fingerprint density at radius 1 is 1.07 bits per heavy atom. The molecule has 1 aromatic heterocycles. The molecule has 156 valence electrons. The fraction of sp³-hybridized carbons (Fsp3) is 0.375. The van der Waals surface area contributed by atoms with Gasteiger partial charge in [-0.3, -0.25) is 10.0 Å². The van der Waals surface area contributed by atoms with Crippen LogP contribution >= 0.6 is 0 Å². The minimum atomic E-state index is -0.483. The van der Waals surface area contributed by atoms with E-state index in [0.717, 1.165) is 44.7 Å². The number of nitrogens with zero attached hydrogens (tertiary/aromatic N) is 3. The van der Waals surface area contributed by atoms with Crippen LogP contribution in [0.1, 0.15) is 40.0 Å². The van der Waals surface area contributed by atoms with Gasteiger partial charge in [0.25, 0.3) is 5.91 Å². The number of likely N-dealkylation sites (N-methyl/N-ethyl adjacent to an activating group) is 1. The van der Waals surface area contributed by atoms with Crippen LogP contribution in [-0.2, 0) is 19.5 Å². The number of hydrogen-bond donors (Lipinski definition) is 2. The normalized spacial score (nSPS) is 16.8. The first kappa shape index (κ1) is 19.2. The van der Waals surface area contributed by atoms with Crippen LogP contribution in [0, 0.1) is 0 Å². The highest BCUT2D eigenvalue weighted by Gasteiger charge is 2.23. The number of rotatable bonds is 4. The lowest BCUT2D eigenvalue weighted by molar-refractivity contribution is 0.0706. The first-order valence-corrected chi connectivity index (χ1v) is 10.7. The molecule has 1 saturated heterocycles. The van der Waals surface area contributed by atoms with Crippen LogP contribution in [-0.4, -0.2) is 47.3 Å². The van der Waals surface area contributed by atoms with Crippen LogP contribution in [0.25, 0.3) is 10.9 Å². The van der Waals surface area contributed by atoms with Gasteiger partial charge in [0.05, 0.1) is 0 Å². The highest BCUT2D eigenvalue weighted by molar-refractivity contribution is 5.93. The van der Waals surface area contributed by atoms with Gasteiger partial charge in [0, 0.05) is 67.0 Å². The van der Waals surface area contributed by atoms with Crippen molar-refractivity contribution in [2.45, 2.75) is 32.4 Å². The molecule has 2 aromatic carbocycles. The van der Waals surface area contributed by atoms with Crippen molar-refractivity contribution in [3.05, 3.63) is 64.8 Å². The smallest absolute Gasteiger partial charge is 0.274 e. The zero-order valence-electron chi connectivity index (χ0n) is 17.4. The summed E-state index contributed by atoms with van der Waals surface area (Å²) in [6.45, 7) is 5.14. The first-order chi connectivity index (χ1) is 14.6. The van der Waals surface area contributed by atoms with Crippen molar-refractivity contribution < 1.29 is 10.0 Å². The number of carbonyl (C=O) groups excluding carboxylic acids is 1. The third-order valence-electron chi connectivity index (χ3n) is 6.56. The fourth-order valence-electron chi connectivity index (χ4n) is 4.93. The third-order valence-corrected chi connectivity index (χ3v) is 6.56. The second-order valence-corrected chi connectivity index (χ2v) is 8.53. The lowest BCUT2D eigenvalue weighted by Crippen LogP contribution is -2.27. The van der Waals surface area contributed by atoms with Crippen molar-refractivity contribution in [1.29, 1.82) is 0 Å². The molecule has 0 unspecified atom stereocenters. The molecular weight excluding hydrogens is 376 g/mol. The van der Waals surface area contributed by atoms with Gasteiger partial charge in [-0.05, 0) is 61.3 Å². The van der Waals surface area contributed by atoms with Crippen molar-refractivity contribution in [3.63, 3.8) is 0 Å². The maximum atomic E-state index is 11.6. The van der Waals surface area contributed by atoms with Gasteiger partial charge in [-0.15, -0.1) is 0 Å². The maximum Gasteiger partial charge on any atom is 0.274 e. The van der Waals surface area contributed by atoms with Crippen molar-refractivity contribution in [1.82, 2.24) is 14.9 Å². The van der Waals surface area contributed by atoms with Crippen molar-refractivity contribution in [3.8, 4) is 0 Å². The van der Waals surface area contributed by atoms with Crippen LogP contribution in [0.15, 0.2) is 42.5 Å². The van der Waals surface area contributed by atoms with E-state index in [-0.39, 0.29) is 0 Å². The second-order valence-electron chi connectivity index (χ2n) is 8.53. The number of carbonyl (C=O) groups is 1. The Bertz CT molecular complexity index is 1080. The summed E-state index contributed by atoms with van der Waals surface area (Å²) in [5.74, 6) is -0.483. The van der Waals surface area contributed by atoms with E-state index in [0.29, 0.717) is 5.56 Å². The van der Waals surface area contributed by atoms with Crippen LogP contribution in [0.3, 0.4) is 0 Å². The SMILES string of the molecule is CN1CCc2c(c3cc(N4CCCC4)ccc3n2Cc2ccc(C(=O)NO)cc2)C1. The summed E-state index contributed by atoms with van der Waals surface area (Å²) in [7, 11) is 2.20. The van der Waals surface area contributed by atoms with E-state index >= 15 is 0 Å². The lowest BCUT2D eigenvalue weighted by atomic mass is 10.0. The number of benzene rings is 2. The van der Waals surface area contributed by atoms with Crippen LogP contribution in [0.2, 0.25) is 0 Å². The Morgan fingerprint density at radius 2 is 1.83 bits per heavy atom. The van der Waals surface area contributed by atoms with Gasteiger partial charge in [-0.2, -0.15) is 0 Å². The molecule has 2 aliphatic rings. The van der Waals surface area contributed by atoms with Crippen molar-refractivity contribution >= 4 is 22.5 Å². The molecule has 6 nitrogen and oxygen atoms in total. The van der Waals surface area contributed by atoms with E-state index < -0.39 is 5.91 Å². The summed E-state index contributed by atoms with van der Waals surface area (Å²) in [6.07, 6.45) is 3.61. The molecule has 5 rings (SSSR count). The van der Waals surface area contributed by atoms with Crippen LogP contribution in [0.4, 0.5) is 5.69 Å². The average molecular weight is 405 g/mol. The molecule has 0 aliphatic carbocycles. The van der Waals surface area contributed by atoms with E-state index in [1.807, 2.05) is 12.1 Å². The molecule has 0 spiro atoms. The quantitative estimate of drug-likeness (QED) is 0.517. The predicted octanol–water partition coefficient (Wildman–Crippen LogP) is 3.40. The van der Waals surface area contributed by atoms with Crippen molar-refractivity contribution in [2.24, 2.45) is 0 Å². The summed E-state index contributed by atoms with van der Waals surface area (Å²) in [5.41, 5.74) is 8.80. The molecule has 2 N–H and O–H groups in total. The number of nitrogens with one attached hydrogen (secondary N) is 1.